The normalized spacial score (nSPS) is 15.5. The Morgan fingerprint density at radius 3 is 2.82 bits per heavy atom. The molecule has 2 aromatic rings. The topological polar surface area (TPSA) is 22.1 Å². The van der Waals surface area contributed by atoms with Crippen molar-refractivity contribution >= 4 is 10.9 Å². The molecule has 0 bridgehead atoms. The summed E-state index contributed by atoms with van der Waals surface area (Å²) >= 11 is 0. The standard InChI is InChI=1S/C15H17NO/c1-10(2)12-8-11-4-3-7-16-15(11)14(9-12)17-13-5-6-13/h3-4,7-10,13H,5-6H2,1-2H3. The first-order valence-electron chi connectivity index (χ1n) is 6.29. The second kappa shape index (κ2) is 4.02. The van der Waals surface area contributed by atoms with E-state index in [1.54, 1.807) is 0 Å². The highest BCUT2D eigenvalue weighted by Gasteiger charge is 2.24. The summed E-state index contributed by atoms with van der Waals surface area (Å²) in [5, 5.41) is 1.18. The number of benzene rings is 1. The van der Waals surface area contributed by atoms with E-state index >= 15 is 0 Å². The summed E-state index contributed by atoms with van der Waals surface area (Å²) in [5.74, 6) is 1.47. The van der Waals surface area contributed by atoms with E-state index in [-0.39, 0.29) is 0 Å². The molecular formula is C15H17NO. The zero-order chi connectivity index (χ0) is 11.8. The molecule has 1 aliphatic carbocycles. The largest absolute Gasteiger partial charge is 0.488 e. The fourth-order valence-corrected chi connectivity index (χ4v) is 1.97. The average molecular weight is 227 g/mol. The Kier molecular flexibility index (Phi) is 2.50. The van der Waals surface area contributed by atoms with E-state index in [4.69, 9.17) is 4.74 Å². The van der Waals surface area contributed by atoms with Gasteiger partial charge in [0.2, 0.25) is 0 Å². The van der Waals surface area contributed by atoms with Crippen LogP contribution in [0.15, 0.2) is 30.5 Å². The molecule has 1 fully saturated rings. The predicted molar refractivity (Wildman–Crippen MR) is 69.5 cm³/mol. The van der Waals surface area contributed by atoms with Crippen LogP contribution in [0.25, 0.3) is 10.9 Å². The zero-order valence-corrected chi connectivity index (χ0v) is 10.3. The molecule has 0 radical (unpaired) electrons. The van der Waals surface area contributed by atoms with E-state index in [1.165, 1.54) is 23.8 Å². The molecular weight excluding hydrogens is 210 g/mol. The molecule has 2 heteroatoms. The molecule has 0 spiro atoms. The van der Waals surface area contributed by atoms with Crippen LogP contribution in [-0.4, -0.2) is 11.1 Å². The van der Waals surface area contributed by atoms with Crippen molar-refractivity contribution in [3.8, 4) is 5.75 Å². The number of hydrogen-bond donors (Lipinski definition) is 0. The molecule has 0 unspecified atom stereocenters. The van der Waals surface area contributed by atoms with E-state index in [2.05, 4.69) is 37.0 Å². The molecule has 1 saturated carbocycles. The minimum absolute atomic E-state index is 0.419. The number of nitrogens with zero attached hydrogens (tertiary/aromatic N) is 1. The third-order valence-electron chi connectivity index (χ3n) is 3.18. The number of fused-ring (bicyclic) bond motifs is 1. The summed E-state index contributed by atoms with van der Waals surface area (Å²) < 4.78 is 5.97. The maximum absolute atomic E-state index is 5.97. The Balaban J connectivity index is 2.13. The number of pyridine rings is 1. The van der Waals surface area contributed by atoms with Crippen molar-refractivity contribution in [1.29, 1.82) is 0 Å². The van der Waals surface area contributed by atoms with Crippen LogP contribution in [0.2, 0.25) is 0 Å². The maximum Gasteiger partial charge on any atom is 0.146 e. The first kappa shape index (κ1) is 10.6. The van der Waals surface area contributed by atoms with E-state index in [1.807, 2.05) is 12.3 Å². The minimum atomic E-state index is 0.419. The van der Waals surface area contributed by atoms with Gasteiger partial charge in [0, 0.05) is 11.6 Å². The van der Waals surface area contributed by atoms with Gasteiger partial charge < -0.3 is 4.74 Å². The molecule has 1 aliphatic rings. The van der Waals surface area contributed by atoms with Crippen LogP contribution in [0.5, 0.6) is 5.75 Å². The molecule has 17 heavy (non-hydrogen) atoms. The highest BCUT2D eigenvalue weighted by atomic mass is 16.5. The maximum atomic E-state index is 5.97. The van der Waals surface area contributed by atoms with Crippen LogP contribution in [0, 0.1) is 0 Å². The Bertz CT molecular complexity index is 544. The van der Waals surface area contributed by atoms with Crippen LogP contribution in [0.3, 0.4) is 0 Å². The van der Waals surface area contributed by atoms with Gasteiger partial charge in [0.1, 0.15) is 11.3 Å². The van der Waals surface area contributed by atoms with Crippen LogP contribution < -0.4 is 4.74 Å². The number of hydrogen-bond acceptors (Lipinski definition) is 2. The van der Waals surface area contributed by atoms with E-state index < -0.39 is 0 Å². The summed E-state index contributed by atoms with van der Waals surface area (Å²) in [7, 11) is 0. The first-order chi connectivity index (χ1) is 8.24. The highest BCUT2D eigenvalue weighted by molar-refractivity contribution is 5.85. The molecule has 0 amide bonds. The van der Waals surface area contributed by atoms with Crippen LogP contribution in [-0.2, 0) is 0 Å². The van der Waals surface area contributed by atoms with Gasteiger partial charge in [0.05, 0.1) is 6.10 Å². The molecule has 0 aliphatic heterocycles. The highest BCUT2D eigenvalue weighted by Crippen LogP contribution is 2.33. The summed E-state index contributed by atoms with van der Waals surface area (Å²) in [6.07, 6.45) is 4.61. The first-order valence-corrected chi connectivity index (χ1v) is 6.29. The third-order valence-corrected chi connectivity index (χ3v) is 3.18. The number of ether oxygens (including phenoxy) is 1. The fourth-order valence-electron chi connectivity index (χ4n) is 1.97. The van der Waals surface area contributed by atoms with Gasteiger partial charge in [0.15, 0.2) is 0 Å². The van der Waals surface area contributed by atoms with Crippen molar-refractivity contribution in [2.45, 2.75) is 38.7 Å². The van der Waals surface area contributed by atoms with Gasteiger partial charge in [-0.25, -0.2) is 0 Å². The van der Waals surface area contributed by atoms with Crippen molar-refractivity contribution < 1.29 is 4.74 Å². The molecule has 1 aromatic heterocycles. The van der Waals surface area contributed by atoms with Crippen molar-refractivity contribution in [3.05, 3.63) is 36.0 Å². The average Bonchev–Trinajstić information content (AvgIpc) is 3.13. The molecule has 0 saturated heterocycles. The quantitative estimate of drug-likeness (QED) is 0.793. The Hall–Kier alpha value is -1.57. The smallest absolute Gasteiger partial charge is 0.146 e. The summed E-state index contributed by atoms with van der Waals surface area (Å²) in [6.45, 7) is 4.41. The van der Waals surface area contributed by atoms with Crippen molar-refractivity contribution in [2.24, 2.45) is 0 Å². The van der Waals surface area contributed by atoms with Gasteiger partial charge in [-0.3, -0.25) is 4.98 Å². The van der Waals surface area contributed by atoms with Crippen LogP contribution >= 0.6 is 0 Å². The van der Waals surface area contributed by atoms with Gasteiger partial charge in [-0.2, -0.15) is 0 Å². The third kappa shape index (κ3) is 2.12. The Morgan fingerprint density at radius 1 is 1.29 bits per heavy atom. The Labute approximate surface area is 102 Å². The van der Waals surface area contributed by atoms with Crippen molar-refractivity contribution in [2.75, 3.05) is 0 Å². The van der Waals surface area contributed by atoms with Crippen LogP contribution in [0.1, 0.15) is 38.2 Å². The molecule has 2 nitrogen and oxygen atoms in total. The SMILES string of the molecule is CC(C)c1cc(OC2CC2)c2ncccc2c1. The van der Waals surface area contributed by atoms with E-state index in [0.717, 1.165) is 11.3 Å². The lowest BCUT2D eigenvalue weighted by Crippen LogP contribution is -1.99. The van der Waals surface area contributed by atoms with Crippen molar-refractivity contribution in [1.82, 2.24) is 4.98 Å². The fraction of sp³-hybridized carbons (Fsp3) is 0.400. The van der Waals surface area contributed by atoms with Gasteiger partial charge in [0.25, 0.3) is 0 Å². The molecule has 1 aromatic carbocycles. The summed E-state index contributed by atoms with van der Waals surface area (Å²) in [6, 6.07) is 8.45. The summed E-state index contributed by atoms with van der Waals surface area (Å²) in [5.41, 5.74) is 2.31. The van der Waals surface area contributed by atoms with Crippen LogP contribution in [0.4, 0.5) is 0 Å². The van der Waals surface area contributed by atoms with Gasteiger partial charge in [-0.15, -0.1) is 0 Å². The Morgan fingerprint density at radius 2 is 2.12 bits per heavy atom. The minimum Gasteiger partial charge on any atom is -0.488 e. The number of aromatic nitrogens is 1. The lowest BCUT2D eigenvalue weighted by Gasteiger charge is -2.12. The number of rotatable bonds is 3. The van der Waals surface area contributed by atoms with Gasteiger partial charge in [-0.1, -0.05) is 19.9 Å². The predicted octanol–water partition coefficient (Wildman–Crippen LogP) is 3.90. The van der Waals surface area contributed by atoms with Crippen molar-refractivity contribution in [3.63, 3.8) is 0 Å². The molecule has 88 valence electrons. The molecule has 0 atom stereocenters. The second-order valence-electron chi connectivity index (χ2n) is 5.07. The molecule has 0 N–H and O–H groups in total. The lowest BCUT2D eigenvalue weighted by atomic mass is 10.0. The summed E-state index contributed by atoms with van der Waals surface area (Å²) in [4.78, 5) is 4.44. The monoisotopic (exact) mass is 227 g/mol. The zero-order valence-electron chi connectivity index (χ0n) is 10.3. The second-order valence-corrected chi connectivity index (χ2v) is 5.07. The van der Waals surface area contributed by atoms with Gasteiger partial charge >= 0.3 is 0 Å². The van der Waals surface area contributed by atoms with Gasteiger partial charge in [-0.05, 0) is 42.5 Å². The molecule has 3 rings (SSSR count). The van der Waals surface area contributed by atoms with E-state index in [0.29, 0.717) is 12.0 Å². The van der Waals surface area contributed by atoms with E-state index in [9.17, 15) is 0 Å². The molecule has 1 heterocycles. The lowest BCUT2D eigenvalue weighted by molar-refractivity contribution is 0.306.